The van der Waals surface area contributed by atoms with Crippen molar-refractivity contribution in [3.63, 3.8) is 0 Å². The third kappa shape index (κ3) is 3.83. The van der Waals surface area contributed by atoms with Gasteiger partial charge in [-0.25, -0.2) is 0 Å². The lowest BCUT2D eigenvalue weighted by atomic mass is 9.93. The van der Waals surface area contributed by atoms with E-state index >= 15 is 0 Å². The number of halogens is 1. The van der Waals surface area contributed by atoms with Gasteiger partial charge < -0.3 is 15.2 Å². The first-order chi connectivity index (χ1) is 14.5. The highest BCUT2D eigenvalue weighted by molar-refractivity contribution is 14.1. The van der Waals surface area contributed by atoms with E-state index in [1.54, 1.807) is 18.4 Å². The highest BCUT2D eigenvalue weighted by atomic mass is 127. The third-order valence-electron chi connectivity index (χ3n) is 5.57. The van der Waals surface area contributed by atoms with Gasteiger partial charge in [0.1, 0.15) is 5.75 Å². The molecule has 0 bridgehead atoms. The zero-order valence-corrected chi connectivity index (χ0v) is 20.0. The Balaban J connectivity index is 1.64. The first-order valence-electron chi connectivity index (χ1n) is 9.93. The number of anilines is 1. The van der Waals surface area contributed by atoms with Gasteiger partial charge in [0.15, 0.2) is 0 Å². The first kappa shape index (κ1) is 21.2. The fourth-order valence-electron chi connectivity index (χ4n) is 3.79. The Hall–Kier alpha value is -2.06. The molecule has 3 aromatic rings. The predicted molar refractivity (Wildman–Crippen MR) is 131 cm³/mol. The Labute approximate surface area is 194 Å². The van der Waals surface area contributed by atoms with E-state index in [1.807, 2.05) is 31.2 Å². The van der Waals surface area contributed by atoms with Gasteiger partial charge in [-0.1, -0.05) is 59.0 Å². The minimum atomic E-state index is -0.449. The van der Waals surface area contributed by atoms with E-state index < -0.39 is 5.41 Å². The van der Waals surface area contributed by atoms with E-state index in [0.717, 1.165) is 55.8 Å². The number of carbonyl (C=O) groups is 1. The molecule has 4 rings (SSSR count). The van der Waals surface area contributed by atoms with Crippen LogP contribution >= 0.6 is 33.9 Å². The minimum Gasteiger partial charge on any atom is -0.496 e. The van der Waals surface area contributed by atoms with Gasteiger partial charge in [0.05, 0.1) is 29.7 Å². The molecule has 6 heteroatoms. The van der Waals surface area contributed by atoms with Crippen LogP contribution in [0.3, 0.4) is 0 Å². The van der Waals surface area contributed by atoms with E-state index in [2.05, 4.69) is 46.9 Å². The van der Waals surface area contributed by atoms with Crippen LogP contribution in [0, 0.1) is 0 Å². The topological polar surface area (TPSA) is 61.5 Å². The van der Waals surface area contributed by atoms with Gasteiger partial charge in [0.25, 0.3) is 0 Å². The summed E-state index contributed by atoms with van der Waals surface area (Å²) >= 11 is 4.07. The Morgan fingerprint density at radius 1 is 1.13 bits per heavy atom. The van der Waals surface area contributed by atoms with Crippen LogP contribution in [0.1, 0.15) is 30.2 Å². The highest BCUT2D eigenvalue weighted by Gasteiger charge is 2.52. The Kier molecular flexibility index (Phi) is 6.06. The number of thiophene rings is 1. The molecule has 1 aliphatic rings. The summed E-state index contributed by atoms with van der Waals surface area (Å²) in [6, 6.07) is 16.4. The first-order valence-corrected chi connectivity index (χ1v) is 12.3. The predicted octanol–water partition coefficient (Wildman–Crippen LogP) is 6.20. The molecule has 0 aliphatic heterocycles. The quantitative estimate of drug-likeness (QED) is 0.223. The molecule has 4 nitrogen and oxygen atoms in total. The second kappa shape index (κ2) is 8.59. The molecule has 2 N–H and O–H groups in total. The summed E-state index contributed by atoms with van der Waals surface area (Å²) in [6.07, 6.45) is 1.70. The SMILES string of the molecule is CCOC(=O)C1(c2ccc(-c3ccc(-c4sc(CI)cc4N)cc3OC)cc2)CC1. The van der Waals surface area contributed by atoms with E-state index in [1.165, 1.54) is 4.88 Å². The fraction of sp³-hybridized carbons (Fsp3) is 0.292. The molecule has 1 aromatic heterocycles. The number of nitrogens with two attached hydrogens (primary N) is 1. The number of ether oxygens (including phenoxy) is 2. The van der Waals surface area contributed by atoms with Crippen LogP contribution in [0.15, 0.2) is 48.5 Å². The number of alkyl halides is 1. The van der Waals surface area contributed by atoms with Crippen LogP contribution in [0.2, 0.25) is 0 Å². The normalized spacial score (nSPS) is 14.4. The van der Waals surface area contributed by atoms with Crippen molar-refractivity contribution in [1.29, 1.82) is 0 Å². The van der Waals surface area contributed by atoms with Crippen LogP contribution in [0.4, 0.5) is 5.69 Å². The molecule has 1 saturated carbocycles. The number of esters is 1. The molecule has 0 saturated heterocycles. The summed E-state index contributed by atoms with van der Waals surface area (Å²) in [5.74, 6) is 0.690. The molecule has 0 radical (unpaired) electrons. The van der Waals surface area contributed by atoms with Crippen molar-refractivity contribution in [1.82, 2.24) is 0 Å². The van der Waals surface area contributed by atoms with E-state index in [0.29, 0.717) is 6.61 Å². The standard InChI is InChI=1S/C24H24INO3S/c1-3-29-23(27)24(10-11-24)17-7-4-15(5-8-17)19-9-6-16(12-21(19)28-2)22-20(26)13-18(14-25)30-22/h4-9,12-13H,3,10-11,14,26H2,1-2H3. The molecule has 1 aliphatic carbocycles. The summed E-state index contributed by atoms with van der Waals surface area (Å²) in [5.41, 5.74) is 10.7. The van der Waals surface area contributed by atoms with Gasteiger partial charge in [-0.05, 0) is 48.6 Å². The number of hydrogen-bond acceptors (Lipinski definition) is 5. The molecule has 0 amide bonds. The van der Waals surface area contributed by atoms with Crippen molar-refractivity contribution in [2.45, 2.75) is 29.6 Å². The number of rotatable bonds is 7. The molecule has 2 aromatic carbocycles. The molecule has 0 unspecified atom stereocenters. The molecule has 0 atom stereocenters. The van der Waals surface area contributed by atoms with Crippen molar-refractivity contribution < 1.29 is 14.3 Å². The number of methoxy groups -OCH3 is 1. The summed E-state index contributed by atoms with van der Waals surface area (Å²) in [7, 11) is 1.69. The largest absolute Gasteiger partial charge is 0.496 e. The lowest BCUT2D eigenvalue weighted by Crippen LogP contribution is -2.23. The second-order valence-electron chi connectivity index (χ2n) is 7.43. The van der Waals surface area contributed by atoms with Crippen molar-refractivity contribution >= 4 is 45.6 Å². The number of nitrogen functional groups attached to an aromatic ring is 1. The molecular weight excluding hydrogens is 509 g/mol. The van der Waals surface area contributed by atoms with Gasteiger partial charge >= 0.3 is 5.97 Å². The van der Waals surface area contributed by atoms with Gasteiger partial charge in [0, 0.05) is 14.9 Å². The fourth-order valence-corrected chi connectivity index (χ4v) is 5.41. The molecule has 1 heterocycles. The van der Waals surface area contributed by atoms with Crippen LogP contribution in [0.25, 0.3) is 21.6 Å². The monoisotopic (exact) mass is 533 g/mol. The third-order valence-corrected chi connectivity index (χ3v) is 8.11. The molecule has 1 fully saturated rings. The van der Waals surface area contributed by atoms with Crippen LogP contribution in [-0.4, -0.2) is 19.7 Å². The molecule has 0 spiro atoms. The Morgan fingerprint density at radius 3 is 2.40 bits per heavy atom. The van der Waals surface area contributed by atoms with Crippen LogP contribution in [-0.2, 0) is 19.4 Å². The number of benzene rings is 2. The Morgan fingerprint density at radius 2 is 1.83 bits per heavy atom. The van der Waals surface area contributed by atoms with Crippen molar-refractivity contribution in [2.24, 2.45) is 0 Å². The molecule has 30 heavy (non-hydrogen) atoms. The van der Waals surface area contributed by atoms with E-state index in [-0.39, 0.29) is 5.97 Å². The molecule has 156 valence electrons. The maximum absolute atomic E-state index is 12.4. The molecular formula is C24H24INO3S. The summed E-state index contributed by atoms with van der Waals surface area (Å²) in [5, 5.41) is 0. The highest BCUT2D eigenvalue weighted by Crippen LogP contribution is 2.49. The number of carbonyl (C=O) groups excluding carboxylic acids is 1. The number of hydrogen-bond donors (Lipinski definition) is 1. The second-order valence-corrected chi connectivity index (χ2v) is 9.33. The summed E-state index contributed by atoms with van der Waals surface area (Å²) in [6.45, 7) is 2.26. The van der Waals surface area contributed by atoms with Crippen molar-refractivity contribution in [2.75, 3.05) is 19.5 Å². The van der Waals surface area contributed by atoms with Gasteiger partial charge in [-0.15, -0.1) is 11.3 Å². The zero-order chi connectivity index (χ0) is 21.3. The van der Waals surface area contributed by atoms with Gasteiger partial charge in [-0.3, -0.25) is 4.79 Å². The van der Waals surface area contributed by atoms with Crippen molar-refractivity contribution in [3.8, 4) is 27.3 Å². The minimum absolute atomic E-state index is 0.112. The lowest BCUT2D eigenvalue weighted by Gasteiger charge is -2.15. The summed E-state index contributed by atoms with van der Waals surface area (Å²) < 4.78 is 11.9. The van der Waals surface area contributed by atoms with Crippen LogP contribution in [0.5, 0.6) is 5.75 Å². The van der Waals surface area contributed by atoms with E-state index in [4.69, 9.17) is 15.2 Å². The Bertz CT molecular complexity index is 1070. The van der Waals surface area contributed by atoms with E-state index in [9.17, 15) is 4.79 Å². The van der Waals surface area contributed by atoms with Gasteiger partial charge in [-0.2, -0.15) is 0 Å². The zero-order valence-electron chi connectivity index (χ0n) is 17.0. The lowest BCUT2D eigenvalue weighted by molar-refractivity contribution is -0.146. The van der Waals surface area contributed by atoms with Crippen LogP contribution < -0.4 is 10.5 Å². The maximum atomic E-state index is 12.4. The van der Waals surface area contributed by atoms with Crippen molar-refractivity contribution in [3.05, 3.63) is 59.0 Å². The smallest absolute Gasteiger partial charge is 0.316 e. The average molecular weight is 533 g/mol. The summed E-state index contributed by atoms with van der Waals surface area (Å²) in [4.78, 5) is 14.7. The average Bonchev–Trinajstić information content (AvgIpc) is 3.50. The maximum Gasteiger partial charge on any atom is 0.316 e. The van der Waals surface area contributed by atoms with Gasteiger partial charge in [0.2, 0.25) is 0 Å².